The van der Waals surface area contributed by atoms with E-state index < -0.39 is 0 Å². The van der Waals surface area contributed by atoms with Crippen LogP contribution in [0.15, 0.2) is 35.3 Å². The number of amidine groups is 1. The molecule has 0 aliphatic rings. The van der Waals surface area contributed by atoms with E-state index in [4.69, 9.17) is 10.00 Å². The zero-order chi connectivity index (χ0) is 13.2. The maximum atomic E-state index is 8.63. The van der Waals surface area contributed by atoms with Crippen LogP contribution in [0, 0.1) is 11.5 Å². The van der Waals surface area contributed by atoms with Gasteiger partial charge >= 0.3 is 6.02 Å². The molecule has 0 spiro atoms. The highest BCUT2D eigenvalue weighted by molar-refractivity contribution is 5.77. The summed E-state index contributed by atoms with van der Waals surface area (Å²) in [6.45, 7) is 1.57. The van der Waals surface area contributed by atoms with Gasteiger partial charge in [0.1, 0.15) is 5.75 Å². The lowest BCUT2D eigenvalue weighted by atomic mass is 10.3. The Balaban J connectivity index is 2.49. The molecule has 1 rings (SSSR count). The average molecular weight is 246 g/mol. The standard InChI is InChI=1S/C13H18N4O/c1-17(2)10-6-9-15-13(16-11-14)18-12-7-4-3-5-8-12/h3-5,7-8H,6,9-10H2,1-2H3,(H,15,16). The minimum absolute atomic E-state index is 0.238. The van der Waals surface area contributed by atoms with Crippen molar-refractivity contribution in [2.45, 2.75) is 6.42 Å². The molecule has 0 aliphatic heterocycles. The van der Waals surface area contributed by atoms with Gasteiger partial charge in [0, 0.05) is 6.54 Å². The molecule has 0 amide bonds. The van der Waals surface area contributed by atoms with Crippen LogP contribution in [0.2, 0.25) is 0 Å². The van der Waals surface area contributed by atoms with Gasteiger partial charge in [-0.05, 0) is 39.2 Å². The second-order valence-corrected chi connectivity index (χ2v) is 4.00. The van der Waals surface area contributed by atoms with Crippen LogP contribution < -0.4 is 10.1 Å². The zero-order valence-corrected chi connectivity index (χ0v) is 10.8. The molecule has 1 N–H and O–H groups in total. The van der Waals surface area contributed by atoms with Gasteiger partial charge in [-0.15, -0.1) is 0 Å². The van der Waals surface area contributed by atoms with Gasteiger partial charge in [0.2, 0.25) is 0 Å². The van der Waals surface area contributed by atoms with Crippen molar-refractivity contribution in [3.8, 4) is 11.9 Å². The van der Waals surface area contributed by atoms with E-state index in [0.29, 0.717) is 12.3 Å². The summed E-state index contributed by atoms with van der Waals surface area (Å²) in [5, 5.41) is 11.1. The molecular formula is C13H18N4O. The van der Waals surface area contributed by atoms with Gasteiger partial charge in [0.25, 0.3) is 0 Å². The summed E-state index contributed by atoms with van der Waals surface area (Å²) < 4.78 is 5.46. The first kappa shape index (κ1) is 14.0. The minimum Gasteiger partial charge on any atom is -0.425 e. The summed E-state index contributed by atoms with van der Waals surface area (Å²) in [6, 6.07) is 9.50. The summed E-state index contributed by atoms with van der Waals surface area (Å²) in [5.41, 5.74) is 0. The maximum Gasteiger partial charge on any atom is 0.303 e. The quantitative estimate of drug-likeness (QED) is 0.281. The Kier molecular flexibility index (Phi) is 6.30. The van der Waals surface area contributed by atoms with E-state index in [2.05, 4.69) is 15.2 Å². The molecule has 0 aliphatic carbocycles. The molecule has 96 valence electrons. The lowest BCUT2D eigenvalue weighted by molar-refractivity contribution is 0.402. The van der Waals surface area contributed by atoms with Gasteiger partial charge < -0.3 is 9.64 Å². The number of para-hydroxylation sites is 1. The Morgan fingerprint density at radius 1 is 1.39 bits per heavy atom. The molecule has 5 nitrogen and oxygen atoms in total. The summed E-state index contributed by atoms with van der Waals surface area (Å²) in [5.74, 6) is 0.659. The molecule has 5 heteroatoms. The average Bonchev–Trinajstić information content (AvgIpc) is 2.36. The van der Waals surface area contributed by atoms with E-state index in [1.165, 1.54) is 0 Å². The van der Waals surface area contributed by atoms with Gasteiger partial charge in [0.05, 0.1) is 0 Å². The number of rotatable bonds is 5. The van der Waals surface area contributed by atoms with Crippen LogP contribution in [0.1, 0.15) is 6.42 Å². The van der Waals surface area contributed by atoms with Crippen LogP contribution in [0.5, 0.6) is 5.75 Å². The number of ether oxygens (including phenoxy) is 1. The Hall–Kier alpha value is -2.06. The summed E-state index contributed by atoms with van der Waals surface area (Å²) in [7, 11) is 4.03. The van der Waals surface area contributed by atoms with Crippen LogP contribution in [-0.2, 0) is 0 Å². The van der Waals surface area contributed by atoms with E-state index in [-0.39, 0.29) is 6.02 Å². The fourth-order valence-corrected chi connectivity index (χ4v) is 1.31. The molecule has 0 bridgehead atoms. The van der Waals surface area contributed by atoms with Crippen molar-refractivity contribution >= 4 is 6.02 Å². The molecule has 0 unspecified atom stereocenters. The van der Waals surface area contributed by atoms with Crippen LogP contribution in [0.25, 0.3) is 0 Å². The van der Waals surface area contributed by atoms with Crippen molar-refractivity contribution in [1.29, 1.82) is 5.26 Å². The number of benzene rings is 1. The highest BCUT2D eigenvalue weighted by atomic mass is 16.5. The summed E-state index contributed by atoms with van der Waals surface area (Å²) in [4.78, 5) is 6.30. The normalized spacial score (nSPS) is 11.1. The molecule has 0 atom stereocenters. The highest BCUT2D eigenvalue weighted by Gasteiger charge is 2.00. The Morgan fingerprint density at radius 3 is 2.72 bits per heavy atom. The first-order chi connectivity index (χ1) is 8.72. The van der Waals surface area contributed by atoms with Crippen molar-refractivity contribution in [3.63, 3.8) is 0 Å². The van der Waals surface area contributed by atoms with Crippen LogP contribution in [-0.4, -0.2) is 38.1 Å². The second kappa shape index (κ2) is 8.09. The second-order valence-electron chi connectivity index (χ2n) is 4.00. The predicted octanol–water partition coefficient (Wildman–Crippen LogP) is 1.44. The zero-order valence-electron chi connectivity index (χ0n) is 10.8. The molecule has 0 saturated heterocycles. The number of hydrogen-bond donors (Lipinski definition) is 1. The SMILES string of the molecule is CN(C)CCCN=C(NC#N)Oc1ccccc1. The largest absolute Gasteiger partial charge is 0.425 e. The van der Waals surface area contributed by atoms with Crippen LogP contribution >= 0.6 is 0 Å². The highest BCUT2D eigenvalue weighted by Crippen LogP contribution is 2.08. The predicted molar refractivity (Wildman–Crippen MR) is 71.3 cm³/mol. The number of hydrogen-bond acceptors (Lipinski definition) is 4. The Bertz CT molecular complexity index is 409. The van der Waals surface area contributed by atoms with E-state index in [9.17, 15) is 0 Å². The molecule has 0 heterocycles. The lowest BCUT2D eigenvalue weighted by Gasteiger charge is -2.08. The van der Waals surface area contributed by atoms with E-state index >= 15 is 0 Å². The van der Waals surface area contributed by atoms with Crippen molar-refractivity contribution in [3.05, 3.63) is 30.3 Å². The molecule has 0 saturated carbocycles. The number of aliphatic imine (C=N–C) groups is 1. The number of nitrogens with zero attached hydrogens (tertiary/aromatic N) is 3. The van der Waals surface area contributed by atoms with Crippen LogP contribution in [0.4, 0.5) is 0 Å². The molecule has 0 fully saturated rings. The van der Waals surface area contributed by atoms with Crippen molar-refractivity contribution in [2.24, 2.45) is 4.99 Å². The third kappa shape index (κ3) is 5.87. The number of nitriles is 1. The molecule has 0 aromatic heterocycles. The third-order valence-electron chi connectivity index (χ3n) is 2.14. The van der Waals surface area contributed by atoms with Gasteiger partial charge in [-0.25, -0.2) is 10.3 Å². The van der Waals surface area contributed by atoms with Gasteiger partial charge in [-0.1, -0.05) is 18.2 Å². The summed E-state index contributed by atoms with van der Waals surface area (Å²) >= 11 is 0. The van der Waals surface area contributed by atoms with Crippen molar-refractivity contribution in [2.75, 3.05) is 27.2 Å². The molecule has 1 aromatic carbocycles. The molecule has 18 heavy (non-hydrogen) atoms. The lowest BCUT2D eigenvalue weighted by Crippen LogP contribution is -2.25. The van der Waals surface area contributed by atoms with Gasteiger partial charge in [-0.3, -0.25) is 0 Å². The smallest absolute Gasteiger partial charge is 0.303 e. The minimum atomic E-state index is 0.238. The van der Waals surface area contributed by atoms with Crippen molar-refractivity contribution < 1.29 is 4.74 Å². The van der Waals surface area contributed by atoms with E-state index in [0.717, 1.165) is 13.0 Å². The van der Waals surface area contributed by atoms with Gasteiger partial charge in [0.15, 0.2) is 6.19 Å². The fourth-order valence-electron chi connectivity index (χ4n) is 1.31. The first-order valence-corrected chi connectivity index (χ1v) is 5.79. The topological polar surface area (TPSA) is 60.7 Å². The summed E-state index contributed by atoms with van der Waals surface area (Å²) in [6.07, 6.45) is 2.74. The Labute approximate surface area is 108 Å². The van der Waals surface area contributed by atoms with E-state index in [1.807, 2.05) is 50.6 Å². The monoisotopic (exact) mass is 246 g/mol. The molecule has 1 aromatic rings. The van der Waals surface area contributed by atoms with Crippen LogP contribution in [0.3, 0.4) is 0 Å². The van der Waals surface area contributed by atoms with Gasteiger partial charge in [-0.2, -0.15) is 5.26 Å². The maximum absolute atomic E-state index is 8.63. The molecule has 0 radical (unpaired) electrons. The Morgan fingerprint density at radius 2 is 2.11 bits per heavy atom. The van der Waals surface area contributed by atoms with Crippen molar-refractivity contribution in [1.82, 2.24) is 10.2 Å². The first-order valence-electron chi connectivity index (χ1n) is 5.79. The molecular weight excluding hydrogens is 228 g/mol. The third-order valence-corrected chi connectivity index (χ3v) is 2.14. The van der Waals surface area contributed by atoms with E-state index in [1.54, 1.807) is 0 Å². The number of nitrogens with one attached hydrogen (secondary N) is 1. The fraction of sp³-hybridized carbons (Fsp3) is 0.385.